The van der Waals surface area contributed by atoms with Crippen molar-refractivity contribution in [1.82, 2.24) is 9.88 Å². The van der Waals surface area contributed by atoms with E-state index < -0.39 is 16.7 Å². The second kappa shape index (κ2) is 11.3. The fraction of sp³-hybridized carbons (Fsp3) is 0.156. The van der Waals surface area contributed by atoms with Gasteiger partial charge in [-0.15, -0.1) is 0 Å². The molecule has 2 unspecified atom stereocenters. The van der Waals surface area contributed by atoms with E-state index in [1.165, 1.54) is 18.2 Å². The Morgan fingerprint density at radius 2 is 1.62 bits per heavy atom. The van der Waals surface area contributed by atoms with E-state index >= 15 is 0 Å². The van der Waals surface area contributed by atoms with Crippen molar-refractivity contribution >= 4 is 22.5 Å². The number of carbonyl (C=O) groups is 1. The van der Waals surface area contributed by atoms with Gasteiger partial charge in [0.25, 0.3) is 5.69 Å². The highest BCUT2D eigenvalue weighted by Gasteiger charge is 2.25. The number of hydrogen-bond acceptors (Lipinski definition) is 3. The third-order valence-electron chi connectivity index (χ3n) is 7.00. The molecular weight excluding hydrogens is 493 g/mol. The highest BCUT2D eigenvalue weighted by atomic mass is 19.1. The van der Waals surface area contributed by atoms with Crippen LogP contribution in [0.25, 0.3) is 10.9 Å². The summed E-state index contributed by atoms with van der Waals surface area (Å²) in [5, 5.41) is 15.4. The van der Waals surface area contributed by atoms with Gasteiger partial charge in [0.15, 0.2) is 0 Å². The van der Waals surface area contributed by atoms with E-state index in [0.29, 0.717) is 17.5 Å². The van der Waals surface area contributed by atoms with E-state index in [1.807, 2.05) is 78.4 Å². The lowest BCUT2D eigenvalue weighted by atomic mass is 9.87. The Kier molecular flexibility index (Phi) is 7.50. The third kappa shape index (κ3) is 5.88. The number of carbonyl (C=O) groups excluding carboxylic acids is 1. The van der Waals surface area contributed by atoms with E-state index in [-0.39, 0.29) is 24.1 Å². The minimum Gasteiger partial charge on any atom is -0.350 e. The maximum atomic E-state index is 14.4. The molecule has 196 valence electrons. The first-order chi connectivity index (χ1) is 18.9. The molecule has 1 aromatic heterocycles. The van der Waals surface area contributed by atoms with Crippen LogP contribution in [0.4, 0.5) is 10.1 Å². The van der Waals surface area contributed by atoms with E-state index in [1.54, 1.807) is 24.3 Å². The molecule has 1 amide bonds. The molecular formula is C32H28FN3O3. The maximum absolute atomic E-state index is 14.4. The van der Waals surface area contributed by atoms with Crippen LogP contribution < -0.4 is 5.32 Å². The lowest BCUT2D eigenvalue weighted by Crippen LogP contribution is -2.28. The zero-order valence-electron chi connectivity index (χ0n) is 21.5. The van der Waals surface area contributed by atoms with Crippen LogP contribution >= 0.6 is 0 Å². The van der Waals surface area contributed by atoms with Gasteiger partial charge in [-0.25, -0.2) is 4.39 Å². The Labute approximate surface area is 225 Å². The summed E-state index contributed by atoms with van der Waals surface area (Å²) in [7, 11) is 0. The van der Waals surface area contributed by atoms with Gasteiger partial charge in [-0.1, -0.05) is 72.8 Å². The smallest absolute Gasteiger partial charge is 0.270 e. The van der Waals surface area contributed by atoms with Crippen molar-refractivity contribution in [1.29, 1.82) is 0 Å². The van der Waals surface area contributed by atoms with Gasteiger partial charge in [-0.3, -0.25) is 14.9 Å². The predicted molar refractivity (Wildman–Crippen MR) is 150 cm³/mol. The first kappa shape index (κ1) is 25.9. The number of non-ortho nitro benzene ring substituents is 1. The summed E-state index contributed by atoms with van der Waals surface area (Å²) in [5.74, 6) is -1.13. The Morgan fingerprint density at radius 3 is 2.31 bits per heavy atom. The zero-order chi connectivity index (χ0) is 27.4. The van der Waals surface area contributed by atoms with Crippen LogP contribution in [0.15, 0.2) is 109 Å². The van der Waals surface area contributed by atoms with Crippen LogP contribution in [0.3, 0.4) is 0 Å². The molecule has 0 fully saturated rings. The van der Waals surface area contributed by atoms with Gasteiger partial charge in [-0.05, 0) is 47.4 Å². The first-order valence-corrected chi connectivity index (χ1v) is 12.8. The van der Waals surface area contributed by atoms with Gasteiger partial charge in [0.05, 0.1) is 11.0 Å². The standard InChI is InChI=1S/C32H28FN3O3/c1-22(24-11-6-3-7-12-24)34-32(37)19-28(25-13-8-14-26(33)17-25)30-21-35(20-23-9-4-2-5-10-23)31-16-15-27(36(38)39)18-29(30)31/h2-18,21-22,28H,19-20H2,1H3,(H,34,37). The van der Waals surface area contributed by atoms with Gasteiger partial charge in [0, 0.05) is 48.1 Å². The molecule has 5 aromatic rings. The van der Waals surface area contributed by atoms with Crippen LogP contribution in [-0.2, 0) is 11.3 Å². The van der Waals surface area contributed by atoms with Crippen LogP contribution in [-0.4, -0.2) is 15.4 Å². The van der Waals surface area contributed by atoms with Crippen molar-refractivity contribution in [3.63, 3.8) is 0 Å². The van der Waals surface area contributed by atoms with Crippen molar-refractivity contribution < 1.29 is 14.1 Å². The van der Waals surface area contributed by atoms with E-state index in [2.05, 4.69) is 5.32 Å². The highest BCUT2D eigenvalue weighted by Crippen LogP contribution is 2.37. The van der Waals surface area contributed by atoms with Crippen molar-refractivity contribution in [2.75, 3.05) is 0 Å². The molecule has 2 atom stereocenters. The fourth-order valence-electron chi connectivity index (χ4n) is 5.06. The van der Waals surface area contributed by atoms with E-state index in [4.69, 9.17) is 0 Å². The van der Waals surface area contributed by atoms with Crippen LogP contribution in [0.1, 0.15) is 47.6 Å². The number of halogens is 1. The minimum atomic E-state index is -0.523. The lowest BCUT2D eigenvalue weighted by Gasteiger charge is -2.20. The topological polar surface area (TPSA) is 77.2 Å². The molecule has 0 aliphatic heterocycles. The van der Waals surface area contributed by atoms with E-state index in [0.717, 1.165) is 22.2 Å². The van der Waals surface area contributed by atoms with Crippen LogP contribution in [0.2, 0.25) is 0 Å². The average molecular weight is 522 g/mol. The third-order valence-corrected chi connectivity index (χ3v) is 7.00. The predicted octanol–water partition coefficient (Wildman–Crippen LogP) is 7.14. The molecule has 0 spiro atoms. The molecule has 0 aliphatic rings. The molecule has 7 heteroatoms. The van der Waals surface area contributed by atoms with Gasteiger partial charge in [0.1, 0.15) is 5.82 Å². The Morgan fingerprint density at radius 1 is 0.923 bits per heavy atom. The number of nitrogens with one attached hydrogen (secondary N) is 1. The number of nitro groups is 1. The quantitative estimate of drug-likeness (QED) is 0.165. The lowest BCUT2D eigenvalue weighted by molar-refractivity contribution is -0.384. The number of nitro benzene ring substituents is 1. The summed E-state index contributed by atoms with van der Waals surface area (Å²) in [4.78, 5) is 24.6. The molecule has 0 aliphatic carbocycles. The molecule has 6 nitrogen and oxygen atoms in total. The zero-order valence-corrected chi connectivity index (χ0v) is 21.5. The molecule has 4 aromatic carbocycles. The molecule has 0 saturated heterocycles. The summed E-state index contributed by atoms with van der Waals surface area (Å²) >= 11 is 0. The Balaban J connectivity index is 1.58. The summed E-state index contributed by atoms with van der Waals surface area (Å²) in [6.07, 6.45) is 1.98. The Hall–Kier alpha value is -4.78. The Bertz CT molecular complexity index is 1620. The number of hydrogen-bond donors (Lipinski definition) is 1. The fourth-order valence-corrected chi connectivity index (χ4v) is 5.06. The summed E-state index contributed by atoms with van der Waals surface area (Å²) in [6.45, 7) is 2.46. The summed E-state index contributed by atoms with van der Waals surface area (Å²) in [6, 6.07) is 30.3. The van der Waals surface area contributed by atoms with Crippen molar-refractivity contribution in [3.8, 4) is 0 Å². The second-order valence-corrected chi connectivity index (χ2v) is 9.67. The maximum Gasteiger partial charge on any atom is 0.270 e. The van der Waals surface area contributed by atoms with Crippen LogP contribution in [0.5, 0.6) is 0 Å². The van der Waals surface area contributed by atoms with Crippen molar-refractivity contribution in [3.05, 3.63) is 148 Å². The number of nitrogens with zero attached hydrogens (tertiary/aromatic N) is 2. The van der Waals surface area contributed by atoms with Gasteiger partial charge < -0.3 is 9.88 Å². The highest BCUT2D eigenvalue weighted by molar-refractivity contribution is 5.88. The average Bonchev–Trinajstić information content (AvgIpc) is 3.29. The monoisotopic (exact) mass is 521 g/mol. The summed E-state index contributed by atoms with van der Waals surface area (Å²) < 4.78 is 16.4. The number of aromatic nitrogens is 1. The number of amides is 1. The summed E-state index contributed by atoms with van der Waals surface area (Å²) in [5.41, 5.74) is 4.17. The minimum absolute atomic E-state index is 0.0404. The molecule has 0 bridgehead atoms. The number of benzene rings is 4. The van der Waals surface area contributed by atoms with Crippen molar-refractivity contribution in [2.45, 2.75) is 31.8 Å². The van der Waals surface area contributed by atoms with Crippen LogP contribution in [0, 0.1) is 15.9 Å². The molecule has 1 N–H and O–H groups in total. The normalized spacial score (nSPS) is 12.7. The molecule has 1 heterocycles. The molecule has 39 heavy (non-hydrogen) atoms. The number of rotatable bonds is 9. The number of fused-ring (bicyclic) bond motifs is 1. The first-order valence-electron chi connectivity index (χ1n) is 12.8. The second-order valence-electron chi connectivity index (χ2n) is 9.67. The van der Waals surface area contributed by atoms with E-state index in [9.17, 15) is 19.3 Å². The molecule has 0 radical (unpaired) electrons. The largest absolute Gasteiger partial charge is 0.350 e. The van der Waals surface area contributed by atoms with Gasteiger partial charge in [0.2, 0.25) is 5.91 Å². The SMILES string of the molecule is CC(NC(=O)CC(c1cccc(F)c1)c1cn(Cc2ccccc2)c2ccc([N+](=O)[O-])cc12)c1ccccc1. The van der Waals surface area contributed by atoms with Gasteiger partial charge in [-0.2, -0.15) is 0 Å². The van der Waals surface area contributed by atoms with Crippen molar-refractivity contribution in [2.24, 2.45) is 0 Å². The molecule has 5 rings (SSSR count). The molecule has 0 saturated carbocycles. The van der Waals surface area contributed by atoms with Gasteiger partial charge >= 0.3 is 0 Å².